The van der Waals surface area contributed by atoms with Crippen LogP contribution in [-0.2, 0) is 0 Å². The maximum Gasteiger partial charge on any atom is 0.126 e. The normalized spacial score (nSPS) is 14.8. The summed E-state index contributed by atoms with van der Waals surface area (Å²) in [5.74, 6) is 0.761. The number of hydrogen-bond donors (Lipinski definition) is 2. The summed E-state index contributed by atoms with van der Waals surface area (Å²) in [4.78, 5) is 0. The van der Waals surface area contributed by atoms with E-state index < -0.39 is 0 Å². The first-order chi connectivity index (χ1) is 5.74. The van der Waals surface area contributed by atoms with Crippen molar-refractivity contribution in [2.75, 3.05) is 6.61 Å². The molecule has 3 heteroatoms. The molecule has 1 rings (SSSR count). The van der Waals surface area contributed by atoms with Crippen molar-refractivity contribution in [1.29, 1.82) is 0 Å². The van der Waals surface area contributed by atoms with Gasteiger partial charge in [0, 0.05) is 6.04 Å². The van der Waals surface area contributed by atoms with Crippen molar-refractivity contribution in [3.8, 4) is 0 Å². The Labute approximate surface area is 71.5 Å². The molecule has 66 valence electrons. The van der Waals surface area contributed by atoms with Gasteiger partial charge in [0.2, 0.25) is 0 Å². The SMILES string of the molecule is C/C(=C\c1ccco1)[C@@H](N)CO. The summed E-state index contributed by atoms with van der Waals surface area (Å²) in [6, 6.07) is 3.35. The van der Waals surface area contributed by atoms with Crippen LogP contribution in [0.4, 0.5) is 0 Å². The average Bonchev–Trinajstić information content (AvgIpc) is 2.55. The van der Waals surface area contributed by atoms with E-state index in [1.165, 1.54) is 0 Å². The molecule has 0 saturated carbocycles. The van der Waals surface area contributed by atoms with Gasteiger partial charge in [0.05, 0.1) is 12.9 Å². The van der Waals surface area contributed by atoms with Gasteiger partial charge in [-0.25, -0.2) is 0 Å². The van der Waals surface area contributed by atoms with Gasteiger partial charge in [-0.2, -0.15) is 0 Å². The van der Waals surface area contributed by atoms with Crippen LogP contribution in [0.25, 0.3) is 6.08 Å². The lowest BCUT2D eigenvalue weighted by Gasteiger charge is -2.06. The molecule has 0 unspecified atom stereocenters. The molecule has 0 saturated heterocycles. The standard InChI is InChI=1S/C9H13NO2/c1-7(9(10)6-11)5-8-3-2-4-12-8/h2-5,9,11H,6,10H2,1H3/b7-5+/t9-/m0/s1. The highest BCUT2D eigenvalue weighted by Gasteiger charge is 2.02. The van der Waals surface area contributed by atoms with E-state index in [0.717, 1.165) is 11.3 Å². The molecule has 1 aromatic rings. The second kappa shape index (κ2) is 4.09. The summed E-state index contributed by atoms with van der Waals surface area (Å²) in [5.41, 5.74) is 6.48. The van der Waals surface area contributed by atoms with Crippen LogP contribution in [0.1, 0.15) is 12.7 Å². The van der Waals surface area contributed by atoms with Crippen molar-refractivity contribution in [1.82, 2.24) is 0 Å². The summed E-state index contributed by atoms with van der Waals surface area (Å²) in [5, 5.41) is 8.74. The van der Waals surface area contributed by atoms with Crippen molar-refractivity contribution >= 4 is 6.08 Å². The van der Waals surface area contributed by atoms with Gasteiger partial charge in [0.1, 0.15) is 5.76 Å². The molecule has 12 heavy (non-hydrogen) atoms. The molecule has 1 heterocycles. The van der Waals surface area contributed by atoms with Gasteiger partial charge in [-0.3, -0.25) is 0 Å². The lowest BCUT2D eigenvalue weighted by Crippen LogP contribution is -2.25. The van der Waals surface area contributed by atoms with E-state index in [0.29, 0.717) is 0 Å². The van der Waals surface area contributed by atoms with E-state index >= 15 is 0 Å². The molecule has 0 bridgehead atoms. The molecule has 0 spiro atoms. The number of rotatable bonds is 3. The molecule has 3 N–H and O–H groups in total. The molecule has 0 aliphatic rings. The molecule has 1 aromatic heterocycles. The van der Waals surface area contributed by atoms with Gasteiger partial charge in [-0.15, -0.1) is 0 Å². The topological polar surface area (TPSA) is 59.4 Å². The minimum absolute atomic E-state index is 0.0386. The lowest BCUT2D eigenvalue weighted by atomic mass is 10.1. The third-order valence-electron chi connectivity index (χ3n) is 1.69. The highest BCUT2D eigenvalue weighted by Crippen LogP contribution is 2.08. The highest BCUT2D eigenvalue weighted by molar-refractivity contribution is 5.47. The molecular formula is C9H13NO2. The van der Waals surface area contributed by atoms with Gasteiger partial charge in [-0.05, 0) is 25.1 Å². The van der Waals surface area contributed by atoms with Crippen molar-refractivity contribution in [3.05, 3.63) is 29.7 Å². The Morgan fingerprint density at radius 2 is 2.58 bits per heavy atom. The molecule has 1 atom stereocenters. The first kappa shape index (κ1) is 9.03. The fourth-order valence-corrected chi connectivity index (χ4v) is 0.849. The second-order valence-electron chi connectivity index (χ2n) is 2.69. The summed E-state index contributed by atoms with van der Waals surface area (Å²) in [6.45, 7) is 1.83. The van der Waals surface area contributed by atoms with E-state index in [1.807, 2.05) is 25.1 Å². The Morgan fingerprint density at radius 3 is 3.08 bits per heavy atom. The number of nitrogens with two attached hydrogens (primary N) is 1. The van der Waals surface area contributed by atoms with E-state index in [1.54, 1.807) is 6.26 Å². The summed E-state index contributed by atoms with van der Waals surface area (Å²) in [7, 11) is 0. The van der Waals surface area contributed by atoms with Crippen LogP contribution in [0.2, 0.25) is 0 Å². The van der Waals surface area contributed by atoms with Gasteiger partial charge < -0.3 is 15.3 Å². The zero-order valence-corrected chi connectivity index (χ0v) is 7.03. The van der Waals surface area contributed by atoms with E-state index in [-0.39, 0.29) is 12.6 Å². The third-order valence-corrected chi connectivity index (χ3v) is 1.69. The van der Waals surface area contributed by atoms with Crippen molar-refractivity contribution in [2.24, 2.45) is 5.73 Å². The number of furan rings is 1. The fourth-order valence-electron chi connectivity index (χ4n) is 0.849. The average molecular weight is 167 g/mol. The molecule has 0 aliphatic heterocycles. The first-order valence-corrected chi connectivity index (χ1v) is 3.82. The van der Waals surface area contributed by atoms with Crippen LogP contribution in [0.15, 0.2) is 28.4 Å². The Bertz CT molecular complexity index is 252. The van der Waals surface area contributed by atoms with Crippen LogP contribution < -0.4 is 5.73 Å². The third kappa shape index (κ3) is 2.22. The van der Waals surface area contributed by atoms with Gasteiger partial charge >= 0.3 is 0 Å². The number of aliphatic hydroxyl groups is 1. The summed E-state index contributed by atoms with van der Waals surface area (Å²) < 4.78 is 5.09. The first-order valence-electron chi connectivity index (χ1n) is 3.82. The summed E-state index contributed by atoms with van der Waals surface area (Å²) >= 11 is 0. The number of hydrogen-bond acceptors (Lipinski definition) is 3. The van der Waals surface area contributed by atoms with Gasteiger partial charge in [0.25, 0.3) is 0 Å². The minimum Gasteiger partial charge on any atom is -0.465 e. The smallest absolute Gasteiger partial charge is 0.126 e. The van der Waals surface area contributed by atoms with E-state index in [9.17, 15) is 0 Å². The Morgan fingerprint density at radius 1 is 1.83 bits per heavy atom. The molecule has 0 fully saturated rings. The second-order valence-corrected chi connectivity index (χ2v) is 2.69. The fraction of sp³-hybridized carbons (Fsp3) is 0.333. The zero-order chi connectivity index (χ0) is 8.97. The van der Waals surface area contributed by atoms with Crippen molar-refractivity contribution in [2.45, 2.75) is 13.0 Å². The molecule has 0 radical (unpaired) electrons. The maximum absolute atomic E-state index is 8.74. The largest absolute Gasteiger partial charge is 0.465 e. The van der Waals surface area contributed by atoms with E-state index in [4.69, 9.17) is 15.3 Å². The van der Waals surface area contributed by atoms with Gasteiger partial charge in [0.15, 0.2) is 0 Å². The van der Waals surface area contributed by atoms with Crippen LogP contribution in [0.5, 0.6) is 0 Å². The molecule has 0 aliphatic carbocycles. The summed E-state index contributed by atoms with van der Waals surface area (Å²) in [6.07, 6.45) is 3.42. The lowest BCUT2D eigenvalue weighted by molar-refractivity contribution is 0.280. The maximum atomic E-state index is 8.74. The quantitative estimate of drug-likeness (QED) is 0.706. The molecule has 0 amide bonds. The Hall–Kier alpha value is -1.06. The highest BCUT2D eigenvalue weighted by atomic mass is 16.3. The predicted octanol–water partition coefficient (Wildman–Crippen LogP) is 1.00. The van der Waals surface area contributed by atoms with Gasteiger partial charge in [-0.1, -0.05) is 5.57 Å². The van der Waals surface area contributed by atoms with Crippen LogP contribution in [0.3, 0.4) is 0 Å². The molecule has 0 aromatic carbocycles. The number of aliphatic hydroxyl groups excluding tert-OH is 1. The van der Waals surface area contributed by atoms with E-state index in [2.05, 4.69) is 0 Å². The zero-order valence-electron chi connectivity index (χ0n) is 7.03. The Kier molecular flexibility index (Phi) is 3.08. The van der Waals surface area contributed by atoms with Crippen LogP contribution in [-0.4, -0.2) is 17.8 Å². The monoisotopic (exact) mass is 167 g/mol. The molecular weight excluding hydrogens is 154 g/mol. The molecule has 3 nitrogen and oxygen atoms in total. The van der Waals surface area contributed by atoms with Crippen LogP contribution >= 0.6 is 0 Å². The predicted molar refractivity (Wildman–Crippen MR) is 47.4 cm³/mol. The van der Waals surface area contributed by atoms with Crippen molar-refractivity contribution < 1.29 is 9.52 Å². The minimum atomic E-state index is -0.296. The Balaban J connectivity index is 2.69. The van der Waals surface area contributed by atoms with Crippen molar-refractivity contribution in [3.63, 3.8) is 0 Å². The van der Waals surface area contributed by atoms with Crippen LogP contribution in [0, 0.1) is 0 Å².